The molecule has 3 N–H and O–H groups in total. The van der Waals surface area contributed by atoms with Gasteiger partial charge in [0, 0.05) is 18.5 Å². The van der Waals surface area contributed by atoms with Crippen molar-refractivity contribution in [3.63, 3.8) is 0 Å². The maximum Gasteiger partial charge on any atom is 0.416 e. The molecule has 1 fully saturated rings. The van der Waals surface area contributed by atoms with Crippen molar-refractivity contribution in [1.82, 2.24) is 15.0 Å². The summed E-state index contributed by atoms with van der Waals surface area (Å²) in [7, 11) is 0. The summed E-state index contributed by atoms with van der Waals surface area (Å²) in [6.45, 7) is 0.813. The first-order valence-corrected chi connectivity index (χ1v) is 11.6. The van der Waals surface area contributed by atoms with Gasteiger partial charge in [-0.15, -0.1) is 12.4 Å². The number of aromatic nitrogens is 2. The smallest absolute Gasteiger partial charge is 0.416 e. The fourth-order valence-corrected chi connectivity index (χ4v) is 4.55. The van der Waals surface area contributed by atoms with Crippen LogP contribution in [0.4, 0.5) is 13.2 Å². The van der Waals surface area contributed by atoms with E-state index in [2.05, 4.69) is 10.1 Å². The summed E-state index contributed by atoms with van der Waals surface area (Å²) in [5.74, 6) is 1.46. The van der Waals surface area contributed by atoms with Crippen molar-refractivity contribution in [2.45, 2.75) is 31.5 Å². The molecule has 11 heteroatoms. The van der Waals surface area contributed by atoms with E-state index in [1.807, 2.05) is 30.3 Å². The van der Waals surface area contributed by atoms with Crippen LogP contribution < -0.4 is 10.5 Å². The Morgan fingerprint density at radius 1 is 1.11 bits per heavy atom. The summed E-state index contributed by atoms with van der Waals surface area (Å²) in [6, 6.07) is 16.6. The van der Waals surface area contributed by atoms with Gasteiger partial charge in [0.15, 0.2) is 5.96 Å². The van der Waals surface area contributed by atoms with E-state index in [0.29, 0.717) is 24.0 Å². The minimum Gasteiger partial charge on any atom is -0.493 e. The number of ether oxygens (including phenoxy) is 1. The molecule has 4 aromatic rings. The number of nitrogens with zero attached hydrogens (tertiary/aromatic N) is 3. The van der Waals surface area contributed by atoms with Gasteiger partial charge in [0.1, 0.15) is 11.8 Å². The van der Waals surface area contributed by atoms with Crippen LogP contribution in [0.5, 0.6) is 5.75 Å². The molecule has 0 bridgehead atoms. The fraction of sp³-hybridized carbons (Fsp3) is 0.269. The SMILES string of the molecule is Cl.N=C(N)N1CCCC1c1nc(-c2ccc3cc(OCCc4ccccc4C(F)(F)F)ccc3c2)no1. The molecule has 0 radical (unpaired) electrons. The molecular formula is C26H25ClF3N5O2. The maximum absolute atomic E-state index is 13.2. The number of hydrogen-bond donors (Lipinski definition) is 2. The molecule has 1 saturated heterocycles. The lowest BCUT2D eigenvalue weighted by Crippen LogP contribution is -2.35. The lowest BCUT2D eigenvalue weighted by Gasteiger charge is -2.21. The molecule has 1 atom stereocenters. The van der Waals surface area contributed by atoms with Crippen LogP contribution in [0.15, 0.2) is 65.2 Å². The van der Waals surface area contributed by atoms with Gasteiger partial charge in [0.05, 0.1) is 12.2 Å². The van der Waals surface area contributed by atoms with Gasteiger partial charge in [-0.2, -0.15) is 18.2 Å². The normalized spacial score (nSPS) is 15.5. The van der Waals surface area contributed by atoms with Crippen LogP contribution in [0.1, 0.15) is 35.9 Å². The van der Waals surface area contributed by atoms with E-state index < -0.39 is 11.7 Å². The lowest BCUT2D eigenvalue weighted by molar-refractivity contribution is -0.138. The Bertz CT molecular complexity index is 1410. The first-order chi connectivity index (χ1) is 17.3. The molecule has 0 aliphatic carbocycles. The average Bonchev–Trinajstić information content (AvgIpc) is 3.53. The second-order valence-electron chi connectivity index (χ2n) is 8.67. The molecule has 194 valence electrons. The van der Waals surface area contributed by atoms with Crippen LogP contribution in [0, 0.1) is 5.41 Å². The van der Waals surface area contributed by atoms with Gasteiger partial charge in [-0.1, -0.05) is 41.6 Å². The van der Waals surface area contributed by atoms with Gasteiger partial charge in [-0.05, 0) is 53.4 Å². The average molecular weight is 532 g/mol. The second kappa shape index (κ2) is 10.7. The molecule has 1 aromatic heterocycles. The zero-order valence-corrected chi connectivity index (χ0v) is 20.5. The topological polar surface area (TPSA) is 101 Å². The van der Waals surface area contributed by atoms with E-state index in [1.54, 1.807) is 17.0 Å². The van der Waals surface area contributed by atoms with Crippen molar-refractivity contribution >= 4 is 29.1 Å². The summed E-state index contributed by atoms with van der Waals surface area (Å²) in [4.78, 5) is 6.29. The number of halogens is 4. The number of rotatable bonds is 6. The molecule has 1 aliphatic rings. The molecule has 0 spiro atoms. The van der Waals surface area contributed by atoms with Gasteiger partial charge in [-0.25, -0.2) is 0 Å². The third kappa shape index (κ3) is 5.64. The minimum atomic E-state index is -4.39. The quantitative estimate of drug-likeness (QED) is 0.234. The van der Waals surface area contributed by atoms with Crippen molar-refractivity contribution in [2.24, 2.45) is 5.73 Å². The Kier molecular flexibility index (Phi) is 7.58. The van der Waals surface area contributed by atoms with E-state index in [4.69, 9.17) is 20.4 Å². The van der Waals surface area contributed by atoms with Gasteiger partial charge in [0.2, 0.25) is 11.7 Å². The van der Waals surface area contributed by atoms with Gasteiger partial charge >= 0.3 is 6.18 Å². The van der Waals surface area contributed by atoms with Crippen molar-refractivity contribution in [3.05, 3.63) is 77.7 Å². The summed E-state index contributed by atoms with van der Waals surface area (Å²) >= 11 is 0. The molecule has 3 aromatic carbocycles. The Morgan fingerprint density at radius 2 is 1.86 bits per heavy atom. The number of nitrogens with one attached hydrogen (secondary N) is 1. The predicted octanol–water partition coefficient (Wildman–Crippen LogP) is 5.98. The minimum absolute atomic E-state index is 0. The van der Waals surface area contributed by atoms with Crippen LogP contribution >= 0.6 is 12.4 Å². The number of alkyl halides is 3. The largest absolute Gasteiger partial charge is 0.493 e. The Labute approximate surface area is 217 Å². The number of hydrogen-bond acceptors (Lipinski definition) is 5. The monoisotopic (exact) mass is 531 g/mol. The third-order valence-corrected chi connectivity index (χ3v) is 6.32. The van der Waals surface area contributed by atoms with E-state index in [1.165, 1.54) is 12.1 Å². The van der Waals surface area contributed by atoms with Crippen molar-refractivity contribution < 1.29 is 22.4 Å². The Balaban J connectivity index is 0.00000320. The highest BCUT2D eigenvalue weighted by Crippen LogP contribution is 2.33. The van der Waals surface area contributed by atoms with Crippen molar-refractivity contribution in [2.75, 3.05) is 13.2 Å². The standard InChI is InChI=1S/C26H24F3N5O2.ClH/c27-26(28,29)21-5-2-1-4-16(21)11-13-35-20-10-9-17-14-19(8-7-18(17)15-20)23-32-24(36-33-23)22-6-3-12-34(22)25(30)31;/h1-2,4-5,7-10,14-15,22H,3,6,11-13H2,(H3,30,31);1H. The van der Waals surface area contributed by atoms with Crippen LogP contribution in [0.25, 0.3) is 22.2 Å². The first kappa shape index (κ1) is 26.3. The van der Waals surface area contributed by atoms with Crippen LogP contribution in [-0.4, -0.2) is 34.2 Å². The molecule has 2 heterocycles. The van der Waals surface area contributed by atoms with Gasteiger partial charge < -0.3 is 19.9 Å². The molecule has 7 nitrogen and oxygen atoms in total. The first-order valence-electron chi connectivity index (χ1n) is 11.6. The Hall–Kier alpha value is -3.79. The number of likely N-dealkylation sites (tertiary alicyclic amines) is 1. The zero-order valence-electron chi connectivity index (χ0n) is 19.7. The highest BCUT2D eigenvalue weighted by molar-refractivity contribution is 5.87. The highest BCUT2D eigenvalue weighted by atomic mass is 35.5. The lowest BCUT2D eigenvalue weighted by atomic mass is 10.0. The second-order valence-corrected chi connectivity index (χ2v) is 8.67. The maximum atomic E-state index is 13.2. The Morgan fingerprint density at radius 3 is 2.65 bits per heavy atom. The van der Waals surface area contributed by atoms with E-state index in [9.17, 15) is 13.2 Å². The molecule has 5 rings (SSSR count). The molecule has 0 amide bonds. The van der Waals surface area contributed by atoms with Crippen molar-refractivity contribution in [3.8, 4) is 17.1 Å². The summed E-state index contributed by atoms with van der Waals surface area (Å²) in [6.07, 6.45) is -2.55. The van der Waals surface area contributed by atoms with Gasteiger partial charge in [0.25, 0.3) is 0 Å². The van der Waals surface area contributed by atoms with Gasteiger partial charge in [-0.3, -0.25) is 5.41 Å². The molecular weight excluding hydrogens is 507 g/mol. The number of nitrogens with two attached hydrogens (primary N) is 1. The van der Waals surface area contributed by atoms with Crippen LogP contribution in [0.3, 0.4) is 0 Å². The van der Waals surface area contributed by atoms with Crippen LogP contribution in [-0.2, 0) is 12.6 Å². The van der Waals surface area contributed by atoms with Crippen molar-refractivity contribution in [1.29, 1.82) is 5.41 Å². The number of benzene rings is 3. The summed E-state index contributed by atoms with van der Waals surface area (Å²) in [5, 5.41) is 13.7. The van der Waals surface area contributed by atoms with Crippen LogP contribution in [0.2, 0.25) is 0 Å². The molecule has 1 aliphatic heterocycles. The highest BCUT2D eigenvalue weighted by Gasteiger charge is 2.33. The predicted molar refractivity (Wildman–Crippen MR) is 136 cm³/mol. The number of guanidine groups is 1. The molecule has 0 saturated carbocycles. The number of fused-ring (bicyclic) bond motifs is 1. The third-order valence-electron chi connectivity index (χ3n) is 6.32. The zero-order chi connectivity index (χ0) is 25.3. The molecule has 37 heavy (non-hydrogen) atoms. The van der Waals surface area contributed by atoms with E-state index in [-0.39, 0.29) is 43.0 Å². The van der Waals surface area contributed by atoms with E-state index >= 15 is 0 Å². The van der Waals surface area contributed by atoms with E-state index in [0.717, 1.165) is 35.2 Å². The summed E-state index contributed by atoms with van der Waals surface area (Å²) < 4.78 is 50.8. The molecule has 1 unspecified atom stereocenters. The fourth-order valence-electron chi connectivity index (χ4n) is 4.55. The summed E-state index contributed by atoms with van der Waals surface area (Å²) in [5.41, 5.74) is 6.02.